The maximum atomic E-state index is 5.88. The van der Waals surface area contributed by atoms with Crippen LogP contribution >= 0.6 is 0 Å². The normalized spacial score (nSPS) is 21.8. The molecule has 0 aromatic rings. The lowest BCUT2D eigenvalue weighted by atomic mass is 9.95. The molecule has 0 radical (unpaired) electrons. The van der Waals surface area contributed by atoms with Crippen LogP contribution in [0.15, 0.2) is 0 Å². The van der Waals surface area contributed by atoms with E-state index in [2.05, 4.69) is 0 Å². The Morgan fingerprint density at radius 2 is 2.18 bits per heavy atom. The molecule has 0 aliphatic carbocycles. The minimum absolute atomic E-state index is 0.0884. The van der Waals surface area contributed by atoms with Crippen molar-refractivity contribution in [2.45, 2.75) is 31.9 Å². The molecule has 0 bridgehead atoms. The van der Waals surface area contributed by atoms with Gasteiger partial charge in [-0.05, 0) is 20.3 Å². The zero-order valence-electron chi connectivity index (χ0n) is 7.30. The fourth-order valence-electron chi connectivity index (χ4n) is 1.01. The highest BCUT2D eigenvalue weighted by atomic mass is 16.5. The van der Waals surface area contributed by atoms with Gasteiger partial charge in [0.05, 0.1) is 24.9 Å². The Kier molecular flexibility index (Phi) is 2.87. The van der Waals surface area contributed by atoms with Crippen molar-refractivity contribution in [3.8, 4) is 0 Å². The second-order valence-corrected chi connectivity index (χ2v) is 3.52. The molecule has 3 heteroatoms. The highest BCUT2D eigenvalue weighted by Crippen LogP contribution is 2.17. The zero-order valence-corrected chi connectivity index (χ0v) is 7.30. The van der Waals surface area contributed by atoms with Crippen LogP contribution in [-0.4, -0.2) is 31.5 Å². The van der Waals surface area contributed by atoms with Gasteiger partial charge >= 0.3 is 0 Å². The van der Waals surface area contributed by atoms with Crippen LogP contribution in [0.1, 0.15) is 20.3 Å². The molecule has 0 aromatic heterocycles. The monoisotopic (exact) mass is 159 g/mol. The first-order valence-corrected chi connectivity index (χ1v) is 4.11. The van der Waals surface area contributed by atoms with Crippen LogP contribution in [0.4, 0.5) is 0 Å². The van der Waals surface area contributed by atoms with Gasteiger partial charge in [-0.3, -0.25) is 0 Å². The van der Waals surface area contributed by atoms with E-state index >= 15 is 0 Å². The third-order valence-corrected chi connectivity index (χ3v) is 1.83. The van der Waals surface area contributed by atoms with Crippen molar-refractivity contribution in [3.63, 3.8) is 0 Å². The summed E-state index contributed by atoms with van der Waals surface area (Å²) in [4.78, 5) is 0. The van der Waals surface area contributed by atoms with Crippen LogP contribution < -0.4 is 5.73 Å². The molecular weight excluding hydrogens is 142 g/mol. The zero-order chi connectivity index (χ0) is 8.32. The minimum Gasteiger partial charge on any atom is -0.379 e. The van der Waals surface area contributed by atoms with Gasteiger partial charge in [0.15, 0.2) is 0 Å². The van der Waals surface area contributed by atoms with Crippen LogP contribution in [0.25, 0.3) is 0 Å². The molecule has 66 valence electrons. The smallest absolute Gasteiger partial charge is 0.0670 e. The van der Waals surface area contributed by atoms with E-state index in [1.165, 1.54) is 0 Å². The first-order valence-electron chi connectivity index (χ1n) is 4.11. The second kappa shape index (κ2) is 3.52. The van der Waals surface area contributed by atoms with E-state index in [0.29, 0.717) is 19.3 Å². The lowest BCUT2D eigenvalue weighted by molar-refractivity contribution is -0.0710. The molecule has 3 nitrogen and oxygen atoms in total. The molecule has 1 saturated heterocycles. The van der Waals surface area contributed by atoms with E-state index < -0.39 is 0 Å². The SMILES string of the molecule is CC(C)OCCC1(N)COC1. The van der Waals surface area contributed by atoms with Gasteiger partial charge in [-0.25, -0.2) is 0 Å². The first-order chi connectivity index (χ1) is 5.12. The van der Waals surface area contributed by atoms with Gasteiger partial charge < -0.3 is 15.2 Å². The highest BCUT2D eigenvalue weighted by molar-refractivity contribution is 4.90. The van der Waals surface area contributed by atoms with E-state index in [-0.39, 0.29) is 5.54 Å². The van der Waals surface area contributed by atoms with Crippen molar-refractivity contribution in [2.24, 2.45) is 5.73 Å². The summed E-state index contributed by atoms with van der Waals surface area (Å²) in [5.41, 5.74) is 5.80. The molecule has 1 heterocycles. The molecule has 0 amide bonds. The number of rotatable bonds is 4. The third kappa shape index (κ3) is 2.77. The molecule has 1 fully saturated rings. The summed E-state index contributed by atoms with van der Waals surface area (Å²) in [6.45, 7) is 6.18. The maximum absolute atomic E-state index is 5.88. The van der Waals surface area contributed by atoms with Gasteiger partial charge in [-0.2, -0.15) is 0 Å². The summed E-state index contributed by atoms with van der Waals surface area (Å²) in [5.74, 6) is 0. The molecule has 11 heavy (non-hydrogen) atoms. The molecule has 0 saturated carbocycles. The lowest BCUT2D eigenvalue weighted by Crippen LogP contribution is -2.57. The summed E-state index contributed by atoms with van der Waals surface area (Å²) in [6, 6.07) is 0. The van der Waals surface area contributed by atoms with E-state index in [1.807, 2.05) is 13.8 Å². The summed E-state index contributed by atoms with van der Waals surface area (Å²) in [6.07, 6.45) is 1.21. The van der Waals surface area contributed by atoms with Gasteiger partial charge in [0, 0.05) is 6.61 Å². The first kappa shape index (κ1) is 8.97. The molecule has 2 N–H and O–H groups in total. The van der Waals surface area contributed by atoms with Crippen LogP contribution in [0, 0.1) is 0 Å². The topological polar surface area (TPSA) is 44.5 Å². The van der Waals surface area contributed by atoms with Crippen LogP contribution in [-0.2, 0) is 9.47 Å². The number of hydrogen-bond donors (Lipinski definition) is 1. The Morgan fingerprint density at radius 3 is 2.55 bits per heavy atom. The molecule has 0 aromatic carbocycles. The van der Waals surface area contributed by atoms with E-state index in [9.17, 15) is 0 Å². The predicted octanol–water partition coefficient (Wildman–Crippen LogP) is 0.529. The lowest BCUT2D eigenvalue weighted by Gasteiger charge is -2.37. The Bertz CT molecular complexity index is 121. The van der Waals surface area contributed by atoms with Gasteiger partial charge in [0.1, 0.15) is 0 Å². The average Bonchev–Trinajstić information content (AvgIpc) is 1.83. The summed E-state index contributed by atoms with van der Waals surface area (Å²) in [7, 11) is 0. The fraction of sp³-hybridized carbons (Fsp3) is 1.00. The quantitative estimate of drug-likeness (QED) is 0.650. The van der Waals surface area contributed by atoms with Crippen LogP contribution in [0.3, 0.4) is 0 Å². The summed E-state index contributed by atoms with van der Waals surface area (Å²) < 4.78 is 10.4. The fourth-order valence-corrected chi connectivity index (χ4v) is 1.01. The number of hydrogen-bond acceptors (Lipinski definition) is 3. The van der Waals surface area contributed by atoms with Gasteiger partial charge in [-0.15, -0.1) is 0 Å². The van der Waals surface area contributed by atoms with Crippen molar-refractivity contribution in [2.75, 3.05) is 19.8 Å². The van der Waals surface area contributed by atoms with Crippen LogP contribution in [0.2, 0.25) is 0 Å². The van der Waals surface area contributed by atoms with Crippen molar-refractivity contribution < 1.29 is 9.47 Å². The van der Waals surface area contributed by atoms with E-state index in [4.69, 9.17) is 15.2 Å². The van der Waals surface area contributed by atoms with Gasteiger partial charge in [0.25, 0.3) is 0 Å². The standard InChI is InChI=1S/C8H17NO2/c1-7(2)11-4-3-8(9)5-10-6-8/h7H,3-6,9H2,1-2H3. The van der Waals surface area contributed by atoms with Crippen molar-refractivity contribution in [1.82, 2.24) is 0 Å². The molecule has 0 atom stereocenters. The average molecular weight is 159 g/mol. The highest BCUT2D eigenvalue weighted by Gasteiger charge is 2.33. The molecule has 0 unspecified atom stereocenters. The largest absolute Gasteiger partial charge is 0.379 e. The molecule has 1 aliphatic rings. The van der Waals surface area contributed by atoms with Crippen molar-refractivity contribution in [1.29, 1.82) is 0 Å². The minimum atomic E-state index is -0.0884. The van der Waals surface area contributed by atoms with Crippen molar-refractivity contribution >= 4 is 0 Å². The summed E-state index contributed by atoms with van der Waals surface area (Å²) in [5, 5.41) is 0. The Balaban J connectivity index is 2.02. The maximum Gasteiger partial charge on any atom is 0.0670 e. The molecular formula is C8H17NO2. The molecule has 1 aliphatic heterocycles. The molecule has 1 rings (SSSR count). The Morgan fingerprint density at radius 1 is 1.55 bits per heavy atom. The molecule has 0 spiro atoms. The third-order valence-electron chi connectivity index (χ3n) is 1.83. The predicted molar refractivity (Wildman–Crippen MR) is 43.4 cm³/mol. The number of nitrogens with two attached hydrogens (primary N) is 1. The Labute approximate surface area is 67.9 Å². The Hall–Kier alpha value is -0.120. The number of ether oxygens (including phenoxy) is 2. The van der Waals surface area contributed by atoms with Gasteiger partial charge in [0.2, 0.25) is 0 Å². The van der Waals surface area contributed by atoms with Crippen molar-refractivity contribution in [3.05, 3.63) is 0 Å². The van der Waals surface area contributed by atoms with Gasteiger partial charge in [-0.1, -0.05) is 0 Å². The van der Waals surface area contributed by atoms with E-state index in [0.717, 1.165) is 13.0 Å². The second-order valence-electron chi connectivity index (χ2n) is 3.52. The van der Waals surface area contributed by atoms with E-state index in [1.54, 1.807) is 0 Å². The van der Waals surface area contributed by atoms with Crippen LogP contribution in [0.5, 0.6) is 0 Å². The summed E-state index contributed by atoms with van der Waals surface area (Å²) >= 11 is 0.